The number of methoxy groups -OCH3 is 2. The quantitative estimate of drug-likeness (QED) is 0.0600. The van der Waals surface area contributed by atoms with Crippen molar-refractivity contribution in [3.63, 3.8) is 0 Å². The van der Waals surface area contributed by atoms with Gasteiger partial charge in [0.05, 0.1) is 24.9 Å². The monoisotopic (exact) mass is 675 g/mol. The van der Waals surface area contributed by atoms with Crippen LogP contribution < -0.4 is 30.1 Å². The molecule has 4 rings (SSSR count). The highest BCUT2D eigenvalue weighted by molar-refractivity contribution is 9.10. The number of benzene rings is 4. The summed E-state index contributed by atoms with van der Waals surface area (Å²) in [5, 5.41) is 4.41. The van der Waals surface area contributed by atoms with Gasteiger partial charge in [-0.25, -0.2) is 0 Å². The molecule has 6 heteroatoms. The lowest BCUT2D eigenvalue weighted by Crippen LogP contribution is -2.33. The summed E-state index contributed by atoms with van der Waals surface area (Å²) >= 11 is 3.70. The fourth-order valence-electron chi connectivity index (χ4n) is 6.26. The molecule has 0 heterocycles. The standard InChI is InChI=1S/C38H45BrO4P/c1-30-34(35(39)37(41-2)38(42-3)36(30)43-29-40)27-19-8-6-4-5-7-9-20-28-44(31-21-13-10-14-22-31,32-23-15-11-16-24-32)33-25-17-12-18-26-33/h10-18,21-26,29H,4-9,19-20,27-28H2,1-3H3/q+1. The Hall–Kier alpha value is -3.14. The van der Waals surface area contributed by atoms with E-state index in [4.69, 9.17) is 14.2 Å². The molecule has 0 aliphatic rings. The molecular weight excluding hydrogens is 631 g/mol. The Bertz CT molecular complexity index is 1350. The molecule has 0 spiro atoms. The minimum absolute atomic E-state index is 0.427. The molecule has 0 N–H and O–H groups in total. The van der Waals surface area contributed by atoms with Crippen molar-refractivity contribution in [1.29, 1.82) is 0 Å². The van der Waals surface area contributed by atoms with Crippen LogP contribution in [0.3, 0.4) is 0 Å². The highest BCUT2D eigenvalue weighted by atomic mass is 79.9. The summed E-state index contributed by atoms with van der Waals surface area (Å²) in [5.74, 6) is 1.42. The maximum absolute atomic E-state index is 11.1. The molecule has 0 amide bonds. The first kappa shape index (κ1) is 33.7. The second-order valence-electron chi connectivity index (χ2n) is 11.1. The Kier molecular flexibility index (Phi) is 13.3. The van der Waals surface area contributed by atoms with E-state index in [2.05, 4.69) is 107 Å². The topological polar surface area (TPSA) is 44.8 Å². The molecule has 0 atom stereocenters. The van der Waals surface area contributed by atoms with Crippen LogP contribution in [0.5, 0.6) is 17.2 Å². The van der Waals surface area contributed by atoms with E-state index in [1.165, 1.54) is 60.6 Å². The Morgan fingerprint density at radius 1 is 0.614 bits per heavy atom. The number of ether oxygens (including phenoxy) is 3. The largest absolute Gasteiger partial charge is 0.492 e. The van der Waals surface area contributed by atoms with E-state index >= 15 is 0 Å². The van der Waals surface area contributed by atoms with Gasteiger partial charge < -0.3 is 14.2 Å². The first-order chi connectivity index (χ1) is 21.6. The normalized spacial score (nSPS) is 11.3. The average molecular weight is 677 g/mol. The van der Waals surface area contributed by atoms with Gasteiger partial charge in [-0.1, -0.05) is 86.7 Å². The van der Waals surface area contributed by atoms with Crippen molar-refractivity contribution in [3.8, 4) is 17.2 Å². The van der Waals surface area contributed by atoms with Crippen molar-refractivity contribution in [2.75, 3.05) is 20.4 Å². The molecule has 0 saturated carbocycles. The van der Waals surface area contributed by atoms with Crippen molar-refractivity contribution in [1.82, 2.24) is 0 Å². The molecule has 0 bridgehead atoms. The van der Waals surface area contributed by atoms with Gasteiger partial charge in [0, 0.05) is 5.56 Å². The van der Waals surface area contributed by atoms with Gasteiger partial charge in [-0.15, -0.1) is 0 Å². The van der Waals surface area contributed by atoms with Crippen molar-refractivity contribution in [2.24, 2.45) is 0 Å². The van der Waals surface area contributed by atoms with Gasteiger partial charge in [0.25, 0.3) is 6.47 Å². The average Bonchev–Trinajstić information content (AvgIpc) is 3.07. The molecule has 44 heavy (non-hydrogen) atoms. The molecule has 0 aliphatic carbocycles. The van der Waals surface area contributed by atoms with Gasteiger partial charge >= 0.3 is 0 Å². The number of unbranched alkanes of at least 4 members (excludes halogenated alkanes) is 7. The van der Waals surface area contributed by atoms with E-state index in [0.29, 0.717) is 23.7 Å². The Labute approximate surface area is 272 Å². The fraction of sp³-hybridized carbons (Fsp3) is 0.342. The molecule has 4 aromatic carbocycles. The van der Waals surface area contributed by atoms with Crippen LogP contribution in [0.2, 0.25) is 0 Å². The van der Waals surface area contributed by atoms with Crippen LogP contribution in [0.4, 0.5) is 0 Å². The van der Waals surface area contributed by atoms with Gasteiger partial charge in [-0.2, -0.15) is 0 Å². The third-order valence-electron chi connectivity index (χ3n) is 8.51. The van der Waals surface area contributed by atoms with E-state index in [1.54, 1.807) is 14.2 Å². The SMILES string of the molecule is COc1c(Br)c(CCCCCCCCCC[P+](c2ccccc2)(c2ccccc2)c2ccccc2)c(C)c(OC=O)c1OC. The summed E-state index contributed by atoms with van der Waals surface area (Å²) in [5.41, 5.74) is 2.00. The predicted molar refractivity (Wildman–Crippen MR) is 189 cm³/mol. The second kappa shape index (κ2) is 17.4. The van der Waals surface area contributed by atoms with Crippen LogP contribution in [0.15, 0.2) is 95.5 Å². The Morgan fingerprint density at radius 2 is 1.05 bits per heavy atom. The molecule has 0 fully saturated rings. The van der Waals surface area contributed by atoms with Crippen molar-refractivity contribution in [3.05, 3.63) is 107 Å². The zero-order valence-electron chi connectivity index (χ0n) is 26.3. The number of halogens is 1. The zero-order valence-corrected chi connectivity index (χ0v) is 28.7. The highest BCUT2D eigenvalue weighted by Gasteiger charge is 2.44. The Morgan fingerprint density at radius 3 is 1.48 bits per heavy atom. The Balaban J connectivity index is 1.29. The van der Waals surface area contributed by atoms with Gasteiger partial charge in [-0.05, 0) is 90.5 Å². The van der Waals surface area contributed by atoms with Gasteiger partial charge in [0.2, 0.25) is 5.75 Å². The summed E-state index contributed by atoms with van der Waals surface area (Å²) in [6, 6.07) is 33.6. The lowest BCUT2D eigenvalue weighted by atomic mass is 9.99. The third kappa shape index (κ3) is 7.92. The van der Waals surface area contributed by atoms with E-state index in [1.807, 2.05) is 6.92 Å². The van der Waals surface area contributed by atoms with Gasteiger partial charge in [0.15, 0.2) is 11.5 Å². The fourth-order valence-corrected chi connectivity index (χ4v) is 11.5. The lowest BCUT2D eigenvalue weighted by molar-refractivity contribution is -0.120. The second-order valence-corrected chi connectivity index (χ2v) is 15.6. The van der Waals surface area contributed by atoms with Crippen molar-refractivity contribution < 1.29 is 19.0 Å². The summed E-state index contributed by atoms with van der Waals surface area (Å²) < 4.78 is 17.2. The van der Waals surface area contributed by atoms with Crippen LogP contribution in [0.1, 0.15) is 62.5 Å². The minimum atomic E-state index is -1.73. The molecule has 4 aromatic rings. The van der Waals surface area contributed by atoms with Crippen LogP contribution in [-0.2, 0) is 11.2 Å². The number of carbonyl (C=O) groups excluding carboxylic acids is 1. The van der Waals surface area contributed by atoms with E-state index < -0.39 is 7.26 Å². The smallest absolute Gasteiger partial charge is 0.298 e. The molecule has 4 nitrogen and oxygen atoms in total. The molecule has 232 valence electrons. The zero-order chi connectivity index (χ0) is 31.2. The third-order valence-corrected chi connectivity index (χ3v) is 13.9. The molecule has 0 saturated heterocycles. The summed E-state index contributed by atoms with van der Waals surface area (Å²) in [6.07, 6.45) is 11.8. The molecule has 0 aromatic heterocycles. The van der Waals surface area contributed by atoms with E-state index in [0.717, 1.165) is 34.9 Å². The van der Waals surface area contributed by atoms with Crippen LogP contribution >= 0.6 is 23.2 Å². The molecule has 0 radical (unpaired) electrons. The summed E-state index contributed by atoms with van der Waals surface area (Å²) in [7, 11) is 1.42. The van der Waals surface area contributed by atoms with Gasteiger partial charge in [-0.3, -0.25) is 4.79 Å². The number of rotatable bonds is 18. The van der Waals surface area contributed by atoms with Crippen LogP contribution in [-0.4, -0.2) is 26.9 Å². The van der Waals surface area contributed by atoms with Crippen LogP contribution in [0, 0.1) is 6.92 Å². The predicted octanol–water partition coefficient (Wildman–Crippen LogP) is 8.97. The minimum Gasteiger partial charge on any atom is -0.492 e. The number of carbonyl (C=O) groups is 1. The number of hydrogen-bond acceptors (Lipinski definition) is 4. The van der Waals surface area contributed by atoms with Crippen molar-refractivity contribution in [2.45, 2.75) is 64.7 Å². The molecule has 0 unspecified atom stereocenters. The van der Waals surface area contributed by atoms with E-state index in [9.17, 15) is 4.79 Å². The number of hydrogen-bond donors (Lipinski definition) is 0. The van der Waals surface area contributed by atoms with E-state index in [-0.39, 0.29) is 0 Å². The first-order valence-electron chi connectivity index (χ1n) is 15.7. The molecule has 0 aliphatic heterocycles. The maximum Gasteiger partial charge on any atom is 0.298 e. The summed E-state index contributed by atoms with van der Waals surface area (Å²) in [4.78, 5) is 11.1. The maximum atomic E-state index is 11.1. The van der Waals surface area contributed by atoms with Crippen LogP contribution in [0.25, 0.3) is 0 Å². The summed E-state index contributed by atoms with van der Waals surface area (Å²) in [6.45, 7) is 2.40. The highest BCUT2D eigenvalue weighted by Crippen LogP contribution is 2.56. The van der Waals surface area contributed by atoms with Crippen molar-refractivity contribution >= 4 is 45.6 Å². The first-order valence-corrected chi connectivity index (χ1v) is 18.4. The van der Waals surface area contributed by atoms with Gasteiger partial charge in [0.1, 0.15) is 23.2 Å². The lowest BCUT2D eigenvalue weighted by Gasteiger charge is -2.27. The molecular formula is C38H45BrO4P+.